The van der Waals surface area contributed by atoms with Crippen LogP contribution in [0.25, 0.3) is 0 Å². The monoisotopic (exact) mass is 90.0 g/mol. The van der Waals surface area contributed by atoms with Crippen LogP contribution in [0.1, 0.15) is 6.42 Å². The van der Waals surface area contributed by atoms with Gasteiger partial charge >= 0.3 is 0 Å². The largest absolute Gasteiger partial charge is 0.375 e. The Kier molecular flexibility index (Phi) is 1.05. The lowest BCUT2D eigenvalue weighted by molar-refractivity contribution is -0.0618. The van der Waals surface area contributed by atoms with E-state index in [9.17, 15) is 4.39 Å². The van der Waals surface area contributed by atoms with Crippen molar-refractivity contribution in [2.75, 3.05) is 13.3 Å². The summed E-state index contributed by atoms with van der Waals surface area (Å²) in [5.74, 6) is 0. The van der Waals surface area contributed by atoms with Crippen molar-refractivity contribution >= 4 is 0 Å². The fraction of sp³-hybridized carbons (Fsp3) is 1.00. The topological polar surface area (TPSA) is 9.23 Å². The number of rotatable bonds is 1. The molecule has 0 spiro atoms. The third kappa shape index (κ3) is 0.522. The Labute approximate surface area is 36.1 Å². The van der Waals surface area contributed by atoms with Crippen molar-refractivity contribution in [1.29, 1.82) is 0 Å². The third-order valence-corrected chi connectivity index (χ3v) is 0.965. The van der Waals surface area contributed by atoms with Crippen LogP contribution in [-0.4, -0.2) is 19.4 Å². The Bertz CT molecular complexity index is 40.1. The van der Waals surface area contributed by atoms with Crippen LogP contribution in [0.4, 0.5) is 4.39 Å². The smallest absolute Gasteiger partial charge is 0.116 e. The molecule has 1 aliphatic rings. The average Bonchev–Trinajstić information content (AvgIpc) is 1.31. The zero-order valence-electron chi connectivity index (χ0n) is 3.48. The Morgan fingerprint density at radius 2 is 2.50 bits per heavy atom. The molecule has 6 heavy (non-hydrogen) atoms. The first kappa shape index (κ1) is 4.06. The van der Waals surface area contributed by atoms with E-state index in [2.05, 4.69) is 0 Å². The molecule has 0 aromatic rings. The summed E-state index contributed by atoms with van der Waals surface area (Å²) in [5, 5.41) is 0. The van der Waals surface area contributed by atoms with Gasteiger partial charge in [-0.15, -0.1) is 0 Å². The van der Waals surface area contributed by atoms with Gasteiger partial charge in [0.2, 0.25) is 0 Å². The molecule has 36 valence electrons. The molecule has 1 aliphatic heterocycles. The zero-order chi connectivity index (χ0) is 4.41. The average molecular weight is 90.1 g/mol. The molecule has 0 amide bonds. The molecule has 0 bridgehead atoms. The number of hydrogen-bond donors (Lipinski definition) is 0. The Morgan fingerprint density at radius 1 is 1.83 bits per heavy atom. The van der Waals surface area contributed by atoms with Crippen LogP contribution in [-0.2, 0) is 4.74 Å². The van der Waals surface area contributed by atoms with Crippen molar-refractivity contribution in [2.24, 2.45) is 0 Å². The SMILES string of the molecule is FCC1CCO1. The van der Waals surface area contributed by atoms with E-state index in [0.29, 0.717) is 0 Å². The lowest BCUT2D eigenvalue weighted by atomic mass is 10.2. The van der Waals surface area contributed by atoms with E-state index in [-0.39, 0.29) is 12.8 Å². The first-order valence-corrected chi connectivity index (χ1v) is 2.11. The summed E-state index contributed by atoms with van der Waals surface area (Å²) in [5.41, 5.74) is 0. The van der Waals surface area contributed by atoms with Crippen LogP contribution in [0.3, 0.4) is 0 Å². The highest BCUT2D eigenvalue weighted by molar-refractivity contribution is 4.63. The number of hydrogen-bond acceptors (Lipinski definition) is 1. The fourth-order valence-electron chi connectivity index (χ4n) is 0.406. The van der Waals surface area contributed by atoms with Crippen molar-refractivity contribution in [2.45, 2.75) is 12.5 Å². The molecule has 1 unspecified atom stereocenters. The summed E-state index contributed by atoms with van der Waals surface area (Å²) in [4.78, 5) is 0. The molecular weight excluding hydrogens is 83.0 g/mol. The van der Waals surface area contributed by atoms with Crippen LogP contribution in [0.15, 0.2) is 0 Å². The van der Waals surface area contributed by atoms with E-state index in [1.54, 1.807) is 0 Å². The summed E-state index contributed by atoms with van der Waals surface area (Å²) in [6.07, 6.45) is 0.862. The summed E-state index contributed by atoms with van der Waals surface area (Å²) >= 11 is 0. The van der Waals surface area contributed by atoms with Gasteiger partial charge in [-0.1, -0.05) is 0 Å². The highest BCUT2D eigenvalue weighted by Gasteiger charge is 2.16. The first-order chi connectivity index (χ1) is 2.93. The molecule has 1 nitrogen and oxygen atoms in total. The quantitative estimate of drug-likeness (QED) is 0.461. The van der Waals surface area contributed by atoms with Gasteiger partial charge in [0.05, 0.1) is 6.10 Å². The standard InChI is InChI=1S/C4H7FO/c5-3-4-1-2-6-4/h4H,1-3H2. The lowest BCUT2D eigenvalue weighted by Crippen LogP contribution is -2.28. The van der Waals surface area contributed by atoms with Gasteiger partial charge in [0.1, 0.15) is 6.67 Å². The number of ether oxygens (including phenoxy) is 1. The third-order valence-electron chi connectivity index (χ3n) is 0.965. The maximum Gasteiger partial charge on any atom is 0.116 e. The molecule has 0 radical (unpaired) electrons. The first-order valence-electron chi connectivity index (χ1n) is 2.11. The van der Waals surface area contributed by atoms with Gasteiger partial charge < -0.3 is 4.74 Å². The second-order valence-corrected chi connectivity index (χ2v) is 1.44. The summed E-state index contributed by atoms with van der Waals surface area (Å²) in [6.45, 7) is 0.453. The van der Waals surface area contributed by atoms with Gasteiger partial charge in [-0.3, -0.25) is 0 Å². The maximum atomic E-state index is 11.3. The van der Waals surface area contributed by atoms with Crippen LogP contribution < -0.4 is 0 Å². The van der Waals surface area contributed by atoms with Crippen LogP contribution in [0, 0.1) is 0 Å². The van der Waals surface area contributed by atoms with Crippen molar-refractivity contribution < 1.29 is 9.13 Å². The highest BCUT2D eigenvalue weighted by Crippen LogP contribution is 2.09. The van der Waals surface area contributed by atoms with Gasteiger partial charge in [-0.2, -0.15) is 0 Å². The minimum atomic E-state index is -0.306. The van der Waals surface area contributed by atoms with E-state index in [4.69, 9.17) is 4.74 Å². The zero-order valence-corrected chi connectivity index (χ0v) is 3.48. The van der Waals surface area contributed by atoms with Gasteiger partial charge in [0, 0.05) is 6.61 Å². The summed E-state index contributed by atoms with van der Waals surface area (Å²) in [6, 6.07) is 0. The van der Waals surface area contributed by atoms with E-state index < -0.39 is 0 Å². The molecule has 1 saturated heterocycles. The molecule has 0 saturated carbocycles. The van der Waals surface area contributed by atoms with Crippen LogP contribution >= 0.6 is 0 Å². The maximum absolute atomic E-state index is 11.3. The molecule has 0 aromatic heterocycles. The second kappa shape index (κ2) is 1.56. The van der Waals surface area contributed by atoms with Gasteiger partial charge in [0.25, 0.3) is 0 Å². The molecule has 0 aromatic carbocycles. The molecule has 1 rings (SSSR count). The minimum absolute atomic E-state index is 0.0509. The Hall–Kier alpha value is -0.110. The second-order valence-electron chi connectivity index (χ2n) is 1.44. The van der Waals surface area contributed by atoms with Gasteiger partial charge in [-0.05, 0) is 6.42 Å². The van der Waals surface area contributed by atoms with Crippen molar-refractivity contribution in [3.63, 3.8) is 0 Å². The van der Waals surface area contributed by atoms with E-state index in [1.807, 2.05) is 0 Å². The van der Waals surface area contributed by atoms with Crippen LogP contribution in [0.5, 0.6) is 0 Å². The molecule has 0 N–H and O–H groups in total. The van der Waals surface area contributed by atoms with Crippen molar-refractivity contribution in [3.05, 3.63) is 0 Å². The van der Waals surface area contributed by atoms with E-state index in [1.165, 1.54) is 0 Å². The summed E-state index contributed by atoms with van der Waals surface area (Å²) < 4.78 is 16.0. The minimum Gasteiger partial charge on any atom is -0.375 e. The van der Waals surface area contributed by atoms with Crippen molar-refractivity contribution in [3.8, 4) is 0 Å². The molecule has 1 heterocycles. The Morgan fingerprint density at radius 3 is 2.50 bits per heavy atom. The number of alkyl halides is 1. The molecular formula is C4H7FO. The Balaban J connectivity index is 2.01. The summed E-state index contributed by atoms with van der Waals surface area (Å²) in [7, 11) is 0. The van der Waals surface area contributed by atoms with E-state index in [0.717, 1.165) is 13.0 Å². The van der Waals surface area contributed by atoms with Crippen molar-refractivity contribution in [1.82, 2.24) is 0 Å². The molecule has 2 heteroatoms. The van der Waals surface area contributed by atoms with Crippen LogP contribution in [0.2, 0.25) is 0 Å². The molecule has 1 fully saturated rings. The molecule has 0 aliphatic carbocycles. The van der Waals surface area contributed by atoms with E-state index >= 15 is 0 Å². The lowest BCUT2D eigenvalue weighted by Gasteiger charge is -2.22. The fourth-order valence-corrected chi connectivity index (χ4v) is 0.406. The highest BCUT2D eigenvalue weighted by atomic mass is 19.1. The number of halogens is 1. The predicted octanol–water partition coefficient (Wildman–Crippen LogP) is 0.745. The van der Waals surface area contributed by atoms with Gasteiger partial charge in [0.15, 0.2) is 0 Å². The predicted molar refractivity (Wildman–Crippen MR) is 20.3 cm³/mol. The molecule has 1 atom stereocenters. The van der Waals surface area contributed by atoms with Gasteiger partial charge in [-0.25, -0.2) is 4.39 Å². The normalized spacial score (nSPS) is 32.5.